The van der Waals surface area contributed by atoms with Gasteiger partial charge in [-0.25, -0.2) is 4.39 Å². The number of piperidine rings is 1. The zero-order valence-corrected chi connectivity index (χ0v) is 13.0. The third-order valence-electron chi connectivity index (χ3n) is 3.64. The summed E-state index contributed by atoms with van der Waals surface area (Å²) in [5.41, 5.74) is 0.513. The van der Waals surface area contributed by atoms with Crippen LogP contribution in [0.25, 0.3) is 0 Å². The molecule has 1 unspecified atom stereocenters. The van der Waals surface area contributed by atoms with Crippen LogP contribution in [0, 0.1) is 11.7 Å². The van der Waals surface area contributed by atoms with Crippen molar-refractivity contribution < 1.29 is 9.18 Å². The lowest BCUT2D eigenvalue weighted by Crippen LogP contribution is -2.40. The number of alkyl halides is 1. The number of nitrogens with zero attached hydrogens (tertiary/aromatic N) is 1. The molecule has 1 saturated heterocycles. The fourth-order valence-electron chi connectivity index (χ4n) is 2.40. The molecule has 1 amide bonds. The first-order chi connectivity index (χ1) is 8.99. The van der Waals surface area contributed by atoms with E-state index in [1.807, 2.05) is 11.8 Å². The van der Waals surface area contributed by atoms with Gasteiger partial charge in [-0.1, -0.05) is 0 Å². The molecule has 0 aliphatic carbocycles. The molecule has 1 aliphatic rings. The molecule has 2 rings (SSSR count). The summed E-state index contributed by atoms with van der Waals surface area (Å²) in [6.07, 6.45) is 1.85. The van der Waals surface area contributed by atoms with Crippen molar-refractivity contribution in [2.24, 2.45) is 5.92 Å². The van der Waals surface area contributed by atoms with E-state index in [-0.39, 0.29) is 17.1 Å². The van der Waals surface area contributed by atoms with Crippen molar-refractivity contribution in [1.82, 2.24) is 4.90 Å². The molecular weight excluding hydrogens is 333 g/mol. The summed E-state index contributed by atoms with van der Waals surface area (Å²) in [4.78, 5) is 14.2. The van der Waals surface area contributed by atoms with Gasteiger partial charge in [0.2, 0.25) is 0 Å². The molecule has 1 aromatic rings. The summed E-state index contributed by atoms with van der Waals surface area (Å²) in [5.74, 6) is 0.0769. The fraction of sp³-hybridized carbons (Fsp3) is 0.500. The molecule has 1 aliphatic heterocycles. The van der Waals surface area contributed by atoms with Crippen LogP contribution in [0.5, 0.6) is 0 Å². The number of hydrogen-bond acceptors (Lipinski definition) is 1. The maximum absolute atomic E-state index is 13.0. The summed E-state index contributed by atoms with van der Waals surface area (Å²) in [7, 11) is 0. The summed E-state index contributed by atoms with van der Waals surface area (Å²) in [5, 5.41) is 0.148. The first kappa shape index (κ1) is 14.8. The van der Waals surface area contributed by atoms with Crippen LogP contribution in [0.4, 0.5) is 4.39 Å². The third-order valence-corrected chi connectivity index (χ3v) is 4.65. The van der Waals surface area contributed by atoms with Crippen LogP contribution in [-0.4, -0.2) is 29.3 Å². The second kappa shape index (κ2) is 6.23. The van der Waals surface area contributed by atoms with Gasteiger partial charge in [0.15, 0.2) is 0 Å². The second-order valence-corrected chi connectivity index (χ2v) is 6.47. The SMILES string of the molecule is CC(Cl)C1CCN(C(=O)c2ccc(F)cc2Br)CC1. The molecule has 1 heterocycles. The fourth-order valence-corrected chi connectivity index (χ4v) is 3.17. The molecule has 5 heteroatoms. The van der Waals surface area contributed by atoms with Crippen LogP contribution in [-0.2, 0) is 0 Å². The zero-order chi connectivity index (χ0) is 14.0. The molecule has 1 fully saturated rings. The van der Waals surface area contributed by atoms with Gasteiger partial charge in [-0.3, -0.25) is 4.79 Å². The van der Waals surface area contributed by atoms with E-state index in [1.165, 1.54) is 18.2 Å². The topological polar surface area (TPSA) is 20.3 Å². The Morgan fingerprint density at radius 3 is 2.63 bits per heavy atom. The molecule has 104 valence electrons. The molecule has 0 saturated carbocycles. The van der Waals surface area contributed by atoms with E-state index in [4.69, 9.17) is 11.6 Å². The Balaban J connectivity index is 2.05. The van der Waals surface area contributed by atoms with E-state index >= 15 is 0 Å². The minimum atomic E-state index is -0.349. The molecule has 0 spiro atoms. The maximum Gasteiger partial charge on any atom is 0.255 e. The predicted octanol–water partition coefficient (Wildman–Crippen LogP) is 4.07. The van der Waals surface area contributed by atoms with E-state index < -0.39 is 0 Å². The van der Waals surface area contributed by atoms with E-state index in [9.17, 15) is 9.18 Å². The Labute approximate surface area is 126 Å². The highest BCUT2D eigenvalue weighted by Gasteiger charge is 2.26. The molecule has 19 heavy (non-hydrogen) atoms. The van der Waals surface area contributed by atoms with E-state index in [0.29, 0.717) is 29.0 Å². The molecule has 0 radical (unpaired) electrons. The summed E-state index contributed by atoms with van der Waals surface area (Å²) >= 11 is 9.33. The number of rotatable bonds is 2. The highest BCUT2D eigenvalue weighted by molar-refractivity contribution is 9.10. The van der Waals surface area contributed by atoms with Crippen molar-refractivity contribution >= 4 is 33.4 Å². The average molecular weight is 349 g/mol. The first-order valence-corrected chi connectivity index (χ1v) is 7.60. The molecule has 0 aromatic heterocycles. The second-order valence-electron chi connectivity index (χ2n) is 4.93. The largest absolute Gasteiger partial charge is 0.339 e. The van der Waals surface area contributed by atoms with Crippen molar-refractivity contribution in [3.05, 3.63) is 34.1 Å². The van der Waals surface area contributed by atoms with E-state index in [2.05, 4.69) is 15.9 Å². The van der Waals surface area contributed by atoms with Crippen LogP contribution in [0.1, 0.15) is 30.1 Å². The molecule has 2 nitrogen and oxygen atoms in total. The molecule has 1 atom stereocenters. The molecule has 0 N–H and O–H groups in total. The van der Waals surface area contributed by atoms with E-state index in [1.54, 1.807) is 0 Å². The Morgan fingerprint density at radius 2 is 2.11 bits per heavy atom. The number of halogens is 3. The predicted molar refractivity (Wildman–Crippen MR) is 78.0 cm³/mol. The number of benzene rings is 1. The van der Waals surface area contributed by atoms with Crippen molar-refractivity contribution in [2.75, 3.05) is 13.1 Å². The Bertz CT molecular complexity index is 473. The Kier molecular flexibility index (Phi) is 4.85. The minimum absolute atomic E-state index is 0.0486. The van der Waals surface area contributed by atoms with Crippen LogP contribution in [0.15, 0.2) is 22.7 Å². The van der Waals surface area contributed by atoms with Crippen LogP contribution < -0.4 is 0 Å². The van der Waals surface area contributed by atoms with Crippen molar-refractivity contribution in [1.29, 1.82) is 0 Å². The standard InChI is InChI=1S/C14H16BrClFNO/c1-9(16)10-4-6-18(7-5-10)14(19)12-3-2-11(17)8-13(12)15/h2-3,8-10H,4-7H2,1H3. The highest BCUT2D eigenvalue weighted by Crippen LogP contribution is 2.26. The first-order valence-electron chi connectivity index (χ1n) is 6.37. The quantitative estimate of drug-likeness (QED) is 0.738. The highest BCUT2D eigenvalue weighted by atomic mass is 79.9. The average Bonchev–Trinajstić information content (AvgIpc) is 2.38. The van der Waals surface area contributed by atoms with Crippen LogP contribution >= 0.6 is 27.5 Å². The van der Waals surface area contributed by atoms with Gasteiger partial charge in [-0.2, -0.15) is 0 Å². The van der Waals surface area contributed by atoms with Gasteiger partial charge < -0.3 is 4.90 Å². The van der Waals surface area contributed by atoms with Gasteiger partial charge in [-0.15, -0.1) is 11.6 Å². The van der Waals surface area contributed by atoms with Crippen LogP contribution in [0.2, 0.25) is 0 Å². The summed E-state index contributed by atoms with van der Waals surface area (Å²) in [6.45, 7) is 3.43. The number of likely N-dealkylation sites (tertiary alicyclic amines) is 1. The lowest BCUT2D eigenvalue weighted by atomic mass is 9.93. The number of carbonyl (C=O) groups is 1. The van der Waals surface area contributed by atoms with Crippen molar-refractivity contribution in [3.63, 3.8) is 0 Å². The van der Waals surface area contributed by atoms with E-state index in [0.717, 1.165) is 12.8 Å². The van der Waals surface area contributed by atoms with Gasteiger partial charge in [0, 0.05) is 22.9 Å². The maximum atomic E-state index is 13.0. The Hall–Kier alpha value is -0.610. The van der Waals surface area contributed by atoms with Crippen molar-refractivity contribution in [2.45, 2.75) is 25.1 Å². The minimum Gasteiger partial charge on any atom is -0.339 e. The Morgan fingerprint density at radius 1 is 1.47 bits per heavy atom. The van der Waals surface area contributed by atoms with Gasteiger partial charge in [0.25, 0.3) is 5.91 Å². The van der Waals surface area contributed by atoms with Crippen LogP contribution in [0.3, 0.4) is 0 Å². The van der Waals surface area contributed by atoms with Crippen molar-refractivity contribution in [3.8, 4) is 0 Å². The smallest absolute Gasteiger partial charge is 0.255 e. The van der Waals surface area contributed by atoms with Gasteiger partial charge in [-0.05, 0) is 59.8 Å². The lowest BCUT2D eigenvalue weighted by molar-refractivity contribution is 0.0689. The number of carbonyl (C=O) groups excluding carboxylic acids is 1. The monoisotopic (exact) mass is 347 g/mol. The molecular formula is C14H16BrClFNO. The summed E-state index contributed by atoms with van der Waals surface area (Å²) < 4.78 is 13.5. The number of hydrogen-bond donors (Lipinski definition) is 0. The van der Waals surface area contributed by atoms with Gasteiger partial charge in [0.05, 0.1) is 5.56 Å². The number of amides is 1. The normalized spacial score (nSPS) is 18.4. The zero-order valence-electron chi connectivity index (χ0n) is 10.7. The van der Waals surface area contributed by atoms with Gasteiger partial charge >= 0.3 is 0 Å². The molecule has 0 bridgehead atoms. The third kappa shape index (κ3) is 3.48. The summed E-state index contributed by atoms with van der Waals surface area (Å²) in [6, 6.07) is 4.16. The van der Waals surface area contributed by atoms with Gasteiger partial charge in [0.1, 0.15) is 5.82 Å². The molecule has 1 aromatic carbocycles. The lowest BCUT2D eigenvalue weighted by Gasteiger charge is -2.33.